The number of nitrogen functional groups attached to an aromatic ring is 1. The van der Waals surface area contributed by atoms with Crippen LogP contribution in [0.1, 0.15) is 6.92 Å². The molecule has 1 heterocycles. The molecule has 2 aromatic rings. The number of fused-ring (bicyclic) bond motifs is 1. The van der Waals surface area contributed by atoms with Crippen LogP contribution in [0.15, 0.2) is 29.3 Å². The van der Waals surface area contributed by atoms with Crippen molar-refractivity contribution in [3.8, 4) is 0 Å². The summed E-state index contributed by atoms with van der Waals surface area (Å²) < 4.78 is 27.2. The molecule has 8 heteroatoms. The minimum Gasteiger partial charge on any atom is -0.399 e. The van der Waals surface area contributed by atoms with Gasteiger partial charge in [0.25, 0.3) is 0 Å². The molecule has 1 aromatic heterocycles. The van der Waals surface area contributed by atoms with E-state index in [1.807, 2.05) is 6.26 Å². The Labute approximate surface area is 128 Å². The second kappa shape index (κ2) is 5.88. The van der Waals surface area contributed by atoms with Crippen LogP contribution in [0, 0.1) is 0 Å². The van der Waals surface area contributed by atoms with E-state index in [1.54, 1.807) is 25.1 Å². The third-order valence-electron chi connectivity index (χ3n) is 3.06. The number of sulfonamides is 1. The molecule has 1 atom stereocenters. The van der Waals surface area contributed by atoms with E-state index in [0.717, 1.165) is 0 Å². The van der Waals surface area contributed by atoms with Gasteiger partial charge in [0, 0.05) is 35.1 Å². The van der Waals surface area contributed by atoms with E-state index in [2.05, 4.69) is 9.71 Å². The summed E-state index contributed by atoms with van der Waals surface area (Å²) in [6.45, 7) is 1.56. The van der Waals surface area contributed by atoms with Crippen molar-refractivity contribution in [3.05, 3.63) is 24.4 Å². The summed E-state index contributed by atoms with van der Waals surface area (Å²) in [6.07, 6.45) is 3.28. The molecular weight excluding hydrogens is 310 g/mol. The number of aromatic nitrogens is 1. The van der Waals surface area contributed by atoms with Crippen molar-refractivity contribution in [1.82, 2.24) is 9.71 Å². The first-order valence-corrected chi connectivity index (χ1v) is 9.20. The number of hydrogen-bond acceptors (Lipinski definition) is 5. The van der Waals surface area contributed by atoms with Gasteiger partial charge in [-0.2, -0.15) is 11.8 Å². The fourth-order valence-electron chi connectivity index (χ4n) is 2.03. The van der Waals surface area contributed by atoms with Gasteiger partial charge in [-0.3, -0.25) is 0 Å². The average molecular weight is 329 g/mol. The van der Waals surface area contributed by atoms with Gasteiger partial charge in [-0.15, -0.1) is 0 Å². The zero-order valence-corrected chi connectivity index (χ0v) is 13.5. The quantitative estimate of drug-likeness (QED) is 0.594. The Balaban J connectivity index is 2.26. The van der Waals surface area contributed by atoms with E-state index in [0.29, 0.717) is 22.3 Å². The number of aromatic amines is 1. The van der Waals surface area contributed by atoms with E-state index >= 15 is 0 Å². The lowest BCUT2D eigenvalue weighted by atomic mass is 10.1. The van der Waals surface area contributed by atoms with Crippen molar-refractivity contribution >= 4 is 38.4 Å². The smallest absolute Gasteiger partial charge is 0.242 e. The first-order valence-electron chi connectivity index (χ1n) is 6.33. The lowest BCUT2D eigenvalue weighted by Crippen LogP contribution is -2.42. The van der Waals surface area contributed by atoms with Crippen LogP contribution in [-0.2, 0) is 10.0 Å². The number of hydrogen-bond donors (Lipinski definition) is 4. The SMILES string of the molecule is CSCC(C)(O)CNS(=O)(=O)c1c[nH]c2cc(N)ccc12. The van der Waals surface area contributed by atoms with Crippen LogP contribution < -0.4 is 10.5 Å². The van der Waals surface area contributed by atoms with E-state index in [-0.39, 0.29) is 11.4 Å². The molecule has 1 aromatic carbocycles. The van der Waals surface area contributed by atoms with Gasteiger partial charge in [-0.05, 0) is 31.4 Å². The summed E-state index contributed by atoms with van der Waals surface area (Å²) in [5, 5.41) is 10.6. The Hall–Kier alpha value is -1.22. The number of aliphatic hydroxyl groups is 1. The van der Waals surface area contributed by atoms with Crippen LogP contribution in [0.5, 0.6) is 0 Å². The number of thioether (sulfide) groups is 1. The summed E-state index contributed by atoms with van der Waals surface area (Å²) in [6, 6.07) is 4.99. The zero-order valence-electron chi connectivity index (χ0n) is 11.9. The minimum absolute atomic E-state index is 0.0438. The molecular formula is C13H19N3O3S2. The molecule has 0 fully saturated rings. The molecule has 6 nitrogen and oxygen atoms in total. The first kappa shape index (κ1) is 16.2. The summed E-state index contributed by atoms with van der Waals surface area (Å²) in [7, 11) is -3.70. The van der Waals surface area contributed by atoms with Crippen molar-refractivity contribution in [2.45, 2.75) is 17.4 Å². The number of anilines is 1. The predicted molar refractivity (Wildman–Crippen MR) is 86.9 cm³/mol. The average Bonchev–Trinajstić information content (AvgIpc) is 2.80. The fourth-order valence-corrected chi connectivity index (χ4v) is 4.09. The Morgan fingerprint density at radius 1 is 1.48 bits per heavy atom. The maximum Gasteiger partial charge on any atom is 0.242 e. The first-order chi connectivity index (χ1) is 9.75. The van der Waals surface area contributed by atoms with Crippen LogP contribution >= 0.6 is 11.8 Å². The van der Waals surface area contributed by atoms with Gasteiger partial charge < -0.3 is 15.8 Å². The molecule has 0 spiro atoms. The second-order valence-corrected chi connectivity index (χ2v) is 7.81. The Morgan fingerprint density at radius 2 is 2.19 bits per heavy atom. The molecule has 5 N–H and O–H groups in total. The molecule has 2 rings (SSSR count). The van der Waals surface area contributed by atoms with Crippen molar-refractivity contribution in [2.24, 2.45) is 0 Å². The summed E-state index contributed by atoms with van der Waals surface area (Å²) in [5.74, 6) is 0.444. The Morgan fingerprint density at radius 3 is 2.86 bits per heavy atom. The van der Waals surface area contributed by atoms with E-state index in [9.17, 15) is 13.5 Å². The monoisotopic (exact) mass is 329 g/mol. The fraction of sp³-hybridized carbons (Fsp3) is 0.385. The summed E-state index contributed by atoms with van der Waals surface area (Å²) in [5.41, 5.74) is 5.79. The molecule has 0 saturated carbocycles. The topological polar surface area (TPSA) is 108 Å². The molecule has 0 aliphatic heterocycles. The highest BCUT2D eigenvalue weighted by atomic mass is 32.2. The summed E-state index contributed by atoms with van der Waals surface area (Å²) >= 11 is 1.46. The number of nitrogens with one attached hydrogen (secondary N) is 2. The number of benzene rings is 1. The Kier molecular flexibility index (Phi) is 4.52. The Bertz CT molecular complexity index is 738. The molecule has 21 heavy (non-hydrogen) atoms. The van der Waals surface area contributed by atoms with Crippen molar-refractivity contribution in [1.29, 1.82) is 0 Å². The molecule has 0 amide bonds. The van der Waals surface area contributed by atoms with Crippen LogP contribution in [0.3, 0.4) is 0 Å². The summed E-state index contributed by atoms with van der Waals surface area (Å²) in [4.78, 5) is 3.04. The maximum atomic E-state index is 12.4. The molecule has 0 aliphatic rings. The van der Waals surface area contributed by atoms with E-state index in [1.165, 1.54) is 18.0 Å². The van der Waals surface area contributed by atoms with Crippen LogP contribution in [0.25, 0.3) is 10.9 Å². The van der Waals surface area contributed by atoms with E-state index < -0.39 is 15.6 Å². The number of nitrogens with two attached hydrogens (primary N) is 1. The number of rotatable bonds is 6. The highest BCUT2D eigenvalue weighted by molar-refractivity contribution is 7.98. The lowest BCUT2D eigenvalue weighted by Gasteiger charge is -2.22. The molecule has 0 aliphatic carbocycles. The van der Waals surface area contributed by atoms with Crippen molar-refractivity contribution in [2.75, 3.05) is 24.3 Å². The highest BCUT2D eigenvalue weighted by Crippen LogP contribution is 2.24. The predicted octanol–water partition coefficient (Wildman–Crippen LogP) is 1.14. The number of H-pyrrole nitrogens is 1. The molecule has 0 saturated heterocycles. The standard InChI is InChI=1S/C13H19N3O3S2/c1-13(17,8-20-2)7-16-21(18,19)12-6-15-11-5-9(14)3-4-10(11)12/h3-6,15-17H,7-8,14H2,1-2H3. The third kappa shape index (κ3) is 3.70. The van der Waals surface area contributed by atoms with Gasteiger partial charge in [0.2, 0.25) is 10.0 Å². The van der Waals surface area contributed by atoms with Crippen LogP contribution in [0.4, 0.5) is 5.69 Å². The van der Waals surface area contributed by atoms with Gasteiger partial charge >= 0.3 is 0 Å². The van der Waals surface area contributed by atoms with E-state index in [4.69, 9.17) is 5.73 Å². The van der Waals surface area contributed by atoms with Crippen molar-refractivity contribution < 1.29 is 13.5 Å². The second-order valence-electron chi connectivity index (χ2n) is 5.21. The molecule has 116 valence electrons. The normalized spacial score (nSPS) is 15.2. The van der Waals surface area contributed by atoms with Crippen molar-refractivity contribution in [3.63, 3.8) is 0 Å². The molecule has 0 bridgehead atoms. The zero-order chi connectivity index (χ0) is 15.7. The largest absolute Gasteiger partial charge is 0.399 e. The minimum atomic E-state index is -3.70. The van der Waals surface area contributed by atoms with Gasteiger partial charge in [0.1, 0.15) is 4.90 Å². The van der Waals surface area contributed by atoms with Gasteiger partial charge in [0.15, 0.2) is 0 Å². The van der Waals surface area contributed by atoms with Crippen LogP contribution in [-0.4, -0.2) is 42.7 Å². The van der Waals surface area contributed by atoms with Gasteiger partial charge in [-0.25, -0.2) is 13.1 Å². The third-order valence-corrected chi connectivity index (χ3v) is 5.41. The van der Waals surface area contributed by atoms with Gasteiger partial charge in [-0.1, -0.05) is 0 Å². The highest BCUT2D eigenvalue weighted by Gasteiger charge is 2.25. The van der Waals surface area contributed by atoms with Crippen LogP contribution in [0.2, 0.25) is 0 Å². The molecule has 0 radical (unpaired) electrons. The van der Waals surface area contributed by atoms with Gasteiger partial charge in [0.05, 0.1) is 5.60 Å². The molecule has 1 unspecified atom stereocenters. The lowest BCUT2D eigenvalue weighted by molar-refractivity contribution is 0.0909. The maximum absolute atomic E-state index is 12.4.